The van der Waals surface area contributed by atoms with Crippen molar-refractivity contribution in [1.82, 2.24) is 0 Å². The molecular formula is C8H6AsNSi. The van der Waals surface area contributed by atoms with E-state index in [-0.39, 0.29) is 15.3 Å². The summed E-state index contributed by atoms with van der Waals surface area (Å²) in [5, 5.41) is 0. The quantitative estimate of drug-likeness (QED) is 0.537. The molecule has 52 valence electrons. The molecule has 1 aliphatic heterocycles. The molecule has 0 aromatic heterocycles. The summed E-state index contributed by atoms with van der Waals surface area (Å²) < 4.78 is 8.08. The Balaban J connectivity index is 2.58. The van der Waals surface area contributed by atoms with Crippen LogP contribution < -0.4 is 4.35 Å². The van der Waals surface area contributed by atoms with Crippen LogP contribution in [-0.4, -0.2) is 35.6 Å². The Hall–Kier alpha value is -0.465. The van der Waals surface area contributed by atoms with Crippen LogP contribution >= 0.6 is 0 Å². The fourth-order valence-electron chi connectivity index (χ4n) is 0.953. The molecule has 0 N–H and O–H groups in total. The Morgan fingerprint density at radius 2 is 2.18 bits per heavy atom. The van der Waals surface area contributed by atoms with Gasteiger partial charge in [0.1, 0.15) is 0 Å². The van der Waals surface area contributed by atoms with Gasteiger partial charge in [-0.15, -0.1) is 0 Å². The molecular weight excluding hydrogens is 213 g/mol. The van der Waals surface area contributed by atoms with Gasteiger partial charge in [-0.05, 0) is 0 Å². The molecule has 0 unspecified atom stereocenters. The van der Waals surface area contributed by atoms with E-state index >= 15 is 0 Å². The predicted octanol–water partition coefficient (Wildman–Crippen LogP) is -0.173. The van der Waals surface area contributed by atoms with Crippen LogP contribution in [0.5, 0.6) is 0 Å². The maximum absolute atomic E-state index is 4.28. The molecule has 0 spiro atoms. The van der Waals surface area contributed by atoms with Crippen molar-refractivity contribution in [3.63, 3.8) is 0 Å². The monoisotopic (exact) mass is 219 g/mol. The van der Waals surface area contributed by atoms with Gasteiger partial charge in [0.25, 0.3) is 0 Å². The molecule has 0 aliphatic carbocycles. The van der Waals surface area contributed by atoms with Gasteiger partial charge in [0.05, 0.1) is 0 Å². The molecule has 0 saturated heterocycles. The van der Waals surface area contributed by atoms with E-state index in [0.29, 0.717) is 9.68 Å². The van der Waals surface area contributed by atoms with Crippen LogP contribution in [0.25, 0.3) is 0 Å². The van der Waals surface area contributed by atoms with Crippen LogP contribution in [0.15, 0.2) is 28.9 Å². The number of fused-ring (bicyclic) bond motifs is 1. The first-order valence-corrected chi connectivity index (χ1v) is 6.41. The van der Waals surface area contributed by atoms with Gasteiger partial charge in [-0.3, -0.25) is 0 Å². The third-order valence-corrected chi connectivity index (χ3v) is 4.98. The second-order valence-electron chi connectivity index (χ2n) is 2.20. The van der Waals surface area contributed by atoms with Crippen LogP contribution in [-0.2, 0) is 0 Å². The fourth-order valence-corrected chi connectivity index (χ4v) is 4.04. The normalized spacial score (nSPS) is 15.6. The standard InChI is InChI=1S/C8H6AsNSi/c1-2-4-8-7(3-1)5-10-11-6-9-8/h1-6H. The molecule has 1 aromatic rings. The third-order valence-electron chi connectivity index (χ3n) is 1.48. The average Bonchev–Trinajstić information content (AvgIpc) is 2.28. The average molecular weight is 219 g/mol. The number of hydrogen-bond donors (Lipinski definition) is 0. The van der Waals surface area contributed by atoms with Gasteiger partial charge in [0.15, 0.2) is 0 Å². The summed E-state index contributed by atoms with van der Waals surface area (Å²) in [4.78, 5) is 0. The molecule has 1 aromatic carbocycles. The predicted molar refractivity (Wildman–Crippen MR) is 51.2 cm³/mol. The zero-order valence-corrected chi connectivity index (χ0v) is 8.74. The Labute approximate surface area is 74.7 Å². The Kier molecular flexibility index (Phi) is 2.15. The maximum atomic E-state index is 4.28. The zero-order valence-electron chi connectivity index (χ0n) is 5.86. The van der Waals surface area contributed by atoms with E-state index in [4.69, 9.17) is 0 Å². The van der Waals surface area contributed by atoms with Crippen LogP contribution in [0.2, 0.25) is 0 Å². The second kappa shape index (κ2) is 3.29. The van der Waals surface area contributed by atoms with Gasteiger partial charge in [-0.1, -0.05) is 0 Å². The summed E-state index contributed by atoms with van der Waals surface area (Å²) >= 11 is 0.268. The summed E-state index contributed by atoms with van der Waals surface area (Å²) in [7, 11) is 0.677. The van der Waals surface area contributed by atoms with Crippen molar-refractivity contribution in [1.29, 1.82) is 0 Å². The number of nitrogens with zero attached hydrogens (tertiary/aromatic N) is 1. The van der Waals surface area contributed by atoms with Crippen molar-refractivity contribution < 1.29 is 0 Å². The molecule has 1 aliphatic rings. The van der Waals surface area contributed by atoms with E-state index in [0.717, 1.165) is 0 Å². The molecule has 1 heterocycles. The summed E-state index contributed by atoms with van der Waals surface area (Å²) in [6, 6.07) is 8.51. The molecule has 0 atom stereocenters. The summed E-state index contributed by atoms with van der Waals surface area (Å²) in [5.41, 5.74) is 1.31. The third kappa shape index (κ3) is 1.58. The Bertz CT molecular complexity index is 289. The van der Waals surface area contributed by atoms with Gasteiger partial charge in [-0.2, -0.15) is 0 Å². The van der Waals surface area contributed by atoms with Gasteiger partial charge in [-0.25, -0.2) is 0 Å². The topological polar surface area (TPSA) is 12.4 Å². The number of hydrogen-bond acceptors (Lipinski definition) is 1. The zero-order chi connectivity index (χ0) is 7.52. The first kappa shape index (κ1) is 7.20. The van der Waals surface area contributed by atoms with Crippen molar-refractivity contribution in [2.45, 2.75) is 0 Å². The van der Waals surface area contributed by atoms with Crippen LogP contribution in [0.1, 0.15) is 5.56 Å². The van der Waals surface area contributed by atoms with E-state index < -0.39 is 0 Å². The minimum atomic E-state index is 0.268. The van der Waals surface area contributed by atoms with Crippen molar-refractivity contribution in [3.05, 3.63) is 29.8 Å². The number of rotatable bonds is 0. The molecule has 2 radical (unpaired) electrons. The molecule has 0 amide bonds. The second-order valence-corrected chi connectivity index (χ2v) is 6.16. The SMILES string of the molecule is C1=N[Si]C=[As]c2ccccc21. The molecule has 0 bridgehead atoms. The molecule has 3 heteroatoms. The van der Waals surface area contributed by atoms with Gasteiger partial charge in [0.2, 0.25) is 0 Å². The van der Waals surface area contributed by atoms with E-state index in [2.05, 4.69) is 33.4 Å². The minimum absolute atomic E-state index is 0.268. The van der Waals surface area contributed by atoms with E-state index in [1.54, 1.807) is 0 Å². The molecule has 0 fully saturated rings. The summed E-state index contributed by atoms with van der Waals surface area (Å²) in [6.45, 7) is 0. The molecule has 11 heavy (non-hydrogen) atoms. The van der Waals surface area contributed by atoms with E-state index in [9.17, 15) is 0 Å². The van der Waals surface area contributed by atoms with Crippen LogP contribution in [0.3, 0.4) is 0 Å². The molecule has 0 saturated carbocycles. The van der Waals surface area contributed by atoms with Gasteiger partial charge in [0, 0.05) is 0 Å². The van der Waals surface area contributed by atoms with E-state index in [1.165, 1.54) is 9.91 Å². The van der Waals surface area contributed by atoms with Gasteiger partial charge >= 0.3 is 74.5 Å². The Morgan fingerprint density at radius 1 is 1.27 bits per heavy atom. The molecule has 1 nitrogen and oxygen atoms in total. The fraction of sp³-hybridized carbons (Fsp3) is 0. The van der Waals surface area contributed by atoms with Crippen molar-refractivity contribution in [2.24, 2.45) is 4.66 Å². The Morgan fingerprint density at radius 3 is 3.18 bits per heavy atom. The molecule has 2 rings (SSSR count). The van der Waals surface area contributed by atoms with Gasteiger partial charge < -0.3 is 0 Å². The summed E-state index contributed by atoms with van der Waals surface area (Å²) in [5.74, 6) is 0. The first-order chi connectivity index (χ1) is 5.47. The first-order valence-electron chi connectivity index (χ1n) is 3.37. The van der Waals surface area contributed by atoms with Crippen molar-refractivity contribution >= 4 is 40.0 Å². The number of benzene rings is 1. The van der Waals surface area contributed by atoms with Crippen LogP contribution in [0, 0.1) is 0 Å². The van der Waals surface area contributed by atoms with E-state index in [1.807, 2.05) is 6.21 Å². The summed E-state index contributed by atoms with van der Waals surface area (Å²) in [6.07, 6.45) is 1.99. The van der Waals surface area contributed by atoms with Crippen molar-refractivity contribution in [2.75, 3.05) is 0 Å². The van der Waals surface area contributed by atoms with Crippen molar-refractivity contribution in [3.8, 4) is 0 Å². The van der Waals surface area contributed by atoms with Crippen LogP contribution in [0.4, 0.5) is 0 Å².